The minimum Gasteiger partial charge on any atom is -0.383 e. The van der Waals surface area contributed by atoms with Gasteiger partial charge < -0.3 is 10.6 Å². The number of halogens is 2. The Morgan fingerprint density at radius 2 is 1.77 bits per heavy atom. The van der Waals surface area contributed by atoms with E-state index in [1.807, 2.05) is 19.9 Å². The Hall–Kier alpha value is -3.75. The van der Waals surface area contributed by atoms with Crippen molar-refractivity contribution >= 4 is 17.4 Å². The molecule has 0 bridgehead atoms. The summed E-state index contributed by atoms with van der Waals surface area (Å²) in [7, 11) is 0. The fraction of sp³-hybridized carbons (Fsp3) is 0.227. The van der Waals surface area contributed by atoms with Gasteiger partial charge in [0, 0.05) is 12.1 Å². The highest BCUT2D eigenvalue weighted by molar-refractivity contribution is 6.07. The Bertz CT molecular complexity index is 1220. The zero-order valence-corrected chi connectivity index (χ0v) is 17.1. The molecule has 162 valence electrons. The molecule has 9 heteroatoms. The molecule has 3 N–H and O–H groups in total. The summed E-state index contributed by atoms with van der Waals surface area (Å²) >= 11 is 0. The zero-order chi connectivity index (χ0) is 22.7. The summed E-state index contributed by atoms with van der Waals surface area (Å²) in [6.45, 7) is 3.77. The van der Waals surface area contributed by atoms with Gasteiger partial charge in [0.05, 0.1) is 6.54 Å². The fourth-order valence-electron chi connectivity index (χ4n) is 3.19. The lowest BCUT2D eigenvalue weighted by Crippen LogP contribution is -2.42. The number of hydrogen-bond donors (Lipinski definition) is 2. The summed E-state index contributed by atoms with van der Waals surface area (Å²) in [6, 6.07) is 11.7. The summed E-state index contributed by atoms with van der Waals surface area (Å²) < 4.78 is 28.2. The number of hydrogen-bond acceptors (Lipinski definition) is 4. The van der Waals surface area contributed by atoms with Crippen LogP contribution in [0.3, 0.4) is 0 Å². The molecule has 0 saturated heterocycles. The van der Waals surface area contributed by atoms with E-state index in [-0.39, 0.29) is 36.1 Å². The number of aromatic amines is 1. The smallest absolute Gasteiger partial charge is 0.330 e. The molecule has 3 rings (SSSR count). The Balaban J connectivity index is 2.13. The fourth-order valence-corrected chi connectivity index (χ4v) is 3.19. The third kappa shape index (κ3) is 4.71. The first-order chi connectivity index (χ1) is 14.7. The average Bonchev–Trinajstić information content (AvgIpc) is 2.72. The molecule has 1 heterocycles. The number of benzene rings is 2. The van der Waals surface area contributed by atoms with E-state index in [9.17, 15) is 23.2 Å². The summed E-state index contributed by atoms with van der Waals surface area (Å²) in [6.07, 6.45) is 0. The molecule has 0 aliphatic rings. The first-order valence-electron chi connectivity index (χ1n) is 9.62. The van der Waals surface area contributed by atoms with E-state index < -0.39 is 28.8 Å². The molecule has 0 fully saturated rings. The summed E-state index contributed by atoms with van der Waals surface area (Å²) in [5.74, 6) is -3.32. The molecule has 0 aliphatic heterocycles. The van der Waals surface area contributed by atoms with Crippen molar-refractivity contribution in [3.63, 3.8) is 0 Å². The minimum atomic E-state index is -1.19. The van der Waals surface area contributed by atoms with Gasteiger partial charge in [-0.3, -0.25) is 19.1 Å². The molecule has 31 heavy (non-hydrogen) atoms. The van der Waals surface area contributed by atoms with Gasteiger partial charge >= 0.3 is 5.69 Å². The van der Waals surface area contributed by atoms with E-state index in [2.05, 4.69) is 4.98 Å². The van der Waals surface area contributed by atoms with Crippen molar-refractivity contribution in [2.75, 3.05) is 17.2 Å². The number of amides is 1. The molecule has 0 radical (unpaired) electrons. The van der Waals surface area contributed by atoms with Crippen LogP contribution in [0.25, 0.3) is 0 Å². The lowest BCUT2D eigenvalue weighted by Gasteiger charge is -2.26. The maximum Gasteiger partial charge on any atom is 0.330 e. The zero-order valence-electron chi connectivity index (χ0n) is 17.1. The van der Waals surface area contributed by atoms with Crippen molar-refractivity contribution in [2.24, 2.45) is 5.92 Å². The van der Waals surface area contributed by atoms with Crippen LogP contribution in [0.4, 0.5) is 20.3 Å². The van der Waals surface area contributed by atoms with Crippen molar-refractivity contribution in [3.8, 4) is 0 Å². The number of aromatic nitrogens is 2. The van der Waals surface area contributed by atoms with Crippen LogP contribution in [0.5, 0.6) is 0 Å². The number of nitrogens with one attached hydrogen (secondary N) is 1. The monoisotopic (exact) mass is 428 g/mol. The van der Waals surface area contributed by atoms with E-state index in [4.69, 9.17) is 5.73 Å². The first kappa shape index (κ1) is 21.9. The van der Waals surface area contributed by atoms with Gasteiger partial charge in [-0.15, -0.1) is 0 Å². The molecule has 0 unspecified atom stereocenters. The molecular formula is C22H22F2N4O3. The van der Waals surface area contributed by atoms with E-state index in [0.717, 1.165) is 33.2 Å². The first-order valence-corrected chi connectivity index (χ1v) is 9.62. The minimum absolute atomic E-state index is 0.0641. The van der Waals surface area contributed by atoms with Crippen LogP contribution in [0.1, 0.15) is 29.8 Å². The van der Waals surface area contributed by atoms with Gasteiger partial charge in [-0.1, -0.05) is 44.2 Å². The summed E-state index contributed by atoms with van der Waals surface area (Å²) in [5, 5.41) is 0. The second-order valence-corrected chi connectivity index (χ2v) is 7.50. The number of nitrogen functional groups attached to an aromatic ring is 1. The number of H-pyrrole nitrogens is 1. The SMILES string of the molecule is CC(C)CN(C(=O)c1ccc(F)c(F)c1)c1c(N)n(Cc2ccccc2)c(=O)[nH]c1=O. The normalized spacial score (nSPS) is 11.0. The highest BCUT2D eigenvalue weighted by Gasteiger charge is 2.26. The van der Waals surface area contributed by atoms with Gasteiger partial charge in [0.2, 0.25) is 0 Å². The Labute approximate surface area is 176 Å². The largest absolute Gasteiger partial charge is 0.383 e. The topological polar surface area (TPSA) is 101 Å². The molecule has 1 amide bonds. The van der Waals surface area contributed by atoms with Crippen LogP contribution in [-0.2, 0) is 6.54 Å². The predicted molar refractivity (Wildman–Crippen MR) is 114 cm³/mol. The van der Waals surface area contributed by atoms with E-state index >= 15 is 0 Å². The van der Waals surface area contributed by atoms with Gasteiger partial charge in [0.1, 0.15) is 5.82 Å². The highest BCUT2D eigenvalue weighted by Crippen LogP contribution is 2.22. The molecule has 0 atom stereocenters. The lowest BCUT2D eigenvalue weighted by molar-refractivity contribution is 0.0983. The Morgan fingerprint density at radius 1 is 1.10 bits per heavy atom. The maximum absolute atomic E-state index is 13.7. The number of carbonyl (C=O) groups is 1. The van der Waals surface area contributed by atoms with Crippen LogP contribution in [0, 0.1) is 17.6 Å². The second-order valence-electron chi connectivity index (χ2n) is 7.50. The number of anilines is 2. The van der Waals surface area contributed by atoms with Gasteiger partial charge in [-0.2, -0.15) is 0 Å². The second kappa shape index (κ2) is 8.95. The maximum atomic E-state index is 13.7. The molecule has 7 nitrogen and oxygen atoms in total. The van der Waals surface area contributed by atoms with E-state index in [1.165, 1.54) is 0 Å². The third-order valence-electron chi connectivity index (χ3n) is 4.63. The van der Waals surface area contributed by atoms with Crippen molar-refractivity contribution in [3.05, 3.63) is 92.1 Å². The molecular weight excluding hydrogens is 406 g/mol. The molecule has 2 aromatic carbocycles. The summed E-state index contributed by atoms with van der Waals surface area (Å²) in [5.41, 5.74) is 5.01. The van der Waals surface area contributed by atoms with E-state index in [1.54, 1.807) is 24.3 Å². The van der Waals surface area contributed by atoms with Crippen LogP contribution in [0.15, 0.2) is 58.1 Å². The standard InChI is InChI=1S/C22H22F2N4O3/c1-13(2)11-27(21(30)15-8-9-16(23)17(24)10-15)18-19(25)28(22(31)26-20(18)29)12-14-6-4-3-5-7-14/h3-10,13H,11-12,25H2,1-2H3,(H,26,29,31). The van der Waals surface area contributed by atoms with E-state index in [0.29, 0.717) is 0 Å². The summed E-state index contributed by atoms with van der Waals surface area (Å²) in [4.78, 5) is 41.5. The lowest BCUT2D eigenvalue weighted by atomic mass is 10.1. The number of nitrogens with two attached hydrogens (primary N) is 1. The molecule has 0 spiro atoms. The van der Waals surface area contributed by atoms with Gasteiger partial charge in [0.15, 0.2) is 17.3 Å². The quantitative estimate of drug-likeness (QED) is 0.630. The Morgan fingerprint density at radius 3 is 2.39 bits per heavy atom. The van der Waals surface area contributed by atoms with Gasteiger partial charge in [-0.05, 0) is 29.7 Å². The Kier molecular flexibility index (Phi) is 6.33. The van der Waals surface area contributed by atoms with Crippen molar-refractivity contribution in [2.45, 2.75) is 20.4 Å². The van der Waals surface area contributed by atoms with Gasteiger partial charge in [-0.25, -0.2) is 13.6 Å². The van der Waals surface area contributed by atoms with Crippen LogP contribution in [-0.4, -0.2) is 22.0 Å². The number of carbonyl (C=O) groups excluding carboxylic acids is 1. The molecule has 1 aromatic heterocycles. The third-order valence-corrected chi connectivity index (χ3v) is 4.63. The number of rotatable bonds is 6. The van der Waals surface area contributed by atoms with Crippen LogP contribution < -0.4 is 21.9 Å². The molecule has 0 saturated carbocycles. The average molecular weight is 428 g/mol. The van der Waals surface area contributed by atoms with Crippen LogP contribution in [0.2, 0.25) is 0 Å². The number of nitrogens with zero attached hydrogens (tertiary/aromatic N) is 2. The van der Waals surface area contributed by atoms with Crippen molar-refractivity contribution in [1.82, 2.24) is 9.55 Å². The van der Waals surface area contributed by atoms with Gasteiger partial charge in [0.25, 0.3) is 11.5 Å². The van der Waals surface area contributed by atoms with Crippen molar-refractivity contribution < 1.29 is 13.6 Å². The van der Waals surface area contributed by atoms with Crippen LogP contribution >= 0.6 is 0 Å². The highest BCUT2D eigenvalue weighted by atomic mass is 19.2. The molecule has 3 aromatic rings. The van der Waals surface area contributed by atoms with Crippen molar-refractivity contribution in [1.29, 1.82) is 0 Å². The predicted octanol–water partition coefficient (Wildman–Crippen LogP) is 2.75. The molecule has 0 aliphatic carbocycles.